The summed E-state index contributed by atoms with van der Waals surface area (Å²) in [6.07, 6.45) is 0.787. The van der Waals surface area contributed by atoms with Crippen LogP contribution in [0.1, 0.15) is 34.1 Å². The highest BCUT2D eigenvalue weighted by Gasteiger charge is 2.22. The molecule has 0 unspecified atom stereocenters. The number of anilines is 1. The van der Waals surface area contributed by atoms with Gasteiger partial charge in [0.25, 0.3) is 11.8 Å². The molecule has 0 aromatic heterocycles. The van der Waals surface area contributed by atoms with Gasteiger partial charge in [-0.2, -0.15) is 0 Å². The van der Waals surface area contributed by atoms with E-state index in [-0.39, 0.29) is 29.5 Å². The predicted molar refractivity (Wildman–Crippen MR) is 112 cm³/mol. The molecule has 2 N–H and O–H groups in total. The lowest BCUT2D eigenvalue weighted by atomic mass is 10.1. The number of carbonyl (C=O) groups excluding carboxylic acids is 4. The van der Waals surface area contributed by atoms with Gasteiger partial charge in [-0.25, -0.2) is 4.79 Å². The van der Waals surface area contributed by atoms with E-state index in [4.69, 9.17) is 4.74 Å². The smallest absolute Gasteiger partial charge is 0.339 e. The molecule has 2 aromatic carbocycles. The number of ether oxygens (including phenoxy) is 1. The van der Waals surface area contributed by atoms with E-state index < -0.39 is 18.5 Å². The van der Waals surface area contributed by atoms with E-state index in [2.05, 4.69) is 10.6 Å². The Morgan fingerprint density at radius 3 is 2.17 bits per heavy atom. The van der Waals surface area contributed by atoms with Crippen LogP contribution in [0.15, 0.2) is 54.6 Å². The number of para-hydroxylation sites is 1. The Morgan fingerprint density at radius 2 is 1.50 bits per heavy atom. The number of esters is 1. The van der Waals surface area contributed by atoms with Crippen LogP contribution in [0.2, 0.25) is 0 Å². The molecular weight excluding hydrogens is 386 g/mol. The maximum atomic E-state index is 12.9. The number of hydrogen-bond acceptors (Lipinski definition) is 5. The maximum absolute atomic E-state index is 12.9. The van der Waals surface area contributed by atoms with E-state index >= 15 is 0 Å². The first kappa shape index (κ1) is 22.6. The molecule has 0 radical (unpaired) electrons. The van der Waals surface area contributed by atoms with Gasteiger partial charge in [-0.1, -0.05) is 37.3 Å². The summed E-state index contributed by atoms with van der Waals surface area (Å²) in [6.45, 7) is 1.68. The van der Waals surface area contributed by atoms with Crippen molar-refractivity contribution < 1.29 is 23.9 Å². The molecular formula is C22H25N3O5. The molecule has 2 aromatic rings. The van der Waals surface area contributed by atoms with E-state index in [0.29, 0.717) is 12.2 Å². The van der Waals surface area contributed by atoms with Crippen molar-refractivity contribution in [3.05, 3.63) is 65.7 Å². The fourth-order valence-electron chi connectivity index (χ4n) is 2.56. The number of hydrogen-bond donors (Lipinski definition) is 2. The molecule has 0 spiro atoms. The van der Waals surface area contributed by atoms with Gasteiger partial charge in [-0.3, -0.25) is 14.4 Å². The molecule has 0 fully saturated rings. The van der Waals surface area contributed by atoms with Crippen molar-refractivity contribution in [3.63, 3.8) is 0 Å². The standard InChI is InChI=1S/C22H25N3O5/c1-3-13-23-19(26)14-24-20(27)15-30-22(29)18-12-8-7-11-17(18)21(28)25(2)16-9-5-4-6-10-16/h4-12H,3,13-15H2,1-2H3,(H,23,26)(H,24,27). The molecule has 0 heterocycles. The average Bonchev–Trinajstić information content (AvgIpc) is 2.79. The summed E-state index contributed by atoms with van der Waals surface area (Å²) >= 11 is 0. The second-order valence-corrected chi connectivity index (χ2v) is 6.45. The summed E-state index contributed by atoms with van der Waals surface area (Å²) in [6, 6.07) is 15.2. The Hall–Kier alpha value is -3.68. The van der Waals surface area contributed by atoms with E-state index in [0.717, 1.165) is 6.42 Å². The predicted octanol–water partition coefficient (Wildman–Crippen LogP) is 1.76. The third-order valence-corrected chi connectivity index (χ3v) is 4.18. The monoisotopic (exact) mass is 411 g/mol. The van der Waals surface area contributed by atoms with Gasteiger partial charge in [0.05, 0.1) is 17.7 Å². The van der Waals surface area contributed by atoms with Gasteiger partial charge in [-0.05, 0) is 30.7 Å². The van der Waals surface area contributed by atoms with Crippen molar-refractivity contribution in [2.24, 2.45) is 0 Å². The Bertz CT molecular complexity index is 899. The SMILES string of the molecule is CCCNC(=O)CNC(=O)COC(=O)c1ccccc1C(=O)N(C)c1ccccc1. The zero-order valence-corrected chi connectivity index (χ0v) is 17.0. The van der Waals surface area contributed by atoms with E-state index in [9.17, 15) is 19.2 Å². The summed E-state index contributed by atoms with van der Waals surface area (Å²) in [4.78, 5) is 50.1. The van der Waals surface area contributed by atoms with Crippen molar-refractivity contribution in [1.29, 1.82) is 0 Å². The summed E-state index contributed by atoms with van der Waals surface area (Å²) in [5.74, 6) is -2.12. The first-order valence-electron chi connectivity index (χ1n) is 9.56. The number of benzene rings is 2. The molecule has 0 bridgehead atoms. The van der Waals surface area contributed by atoms with Crippen LogP contribution < -0.4 is 15.5 Å². The number of amides is 3. The van der Waals surface area contributed by atoms with Gasteiger partial charge < -0.3 is 20.3 Å². The Balaban J connectivity index is 1.98. The van der Waals surface area contributed by atoms with Gasteiger partial charge >= 0.3 is 5.97 Å². The van der Waals surface area contributed by atoms with Crippen molar-refractivity contribution in [2.45, 2.75) is 13.3 Å². The molecule has 3 amide bonds. The normalized spacial score (nSPS) is 10.1. The van der Waals surface area contributed by atoms with Gasteiger partial charge in [0.15, 0.2) is 6.61 Å². The molecule has 0 aliphatic heterocycles. The van der Waals surface area contributed by atoms with Crippen molar-refractivity contribution >= 4 is 29.4 Å². The van der Waals surface area contributed by atoms with Crippen molar-refractivity contribution in [1.82, 2.24) is 10.6 Å². The summed E-state index contributed by atoms with van der Waals surface area (Å²) in [7, 11) is 1.61. The van der Waals surface area contributed by atoms with Crippen molar-refractivity contribution in [2.75, 3.05) is 31.6 Å². The van der Waals surface area contributed by atoms with Crippen LogP contribution in [0.4, 0.5) is 5.69 Å². The van der Waals surface area contributed by atoms with Crippen molar-refractivity contribution in [3.8, 4) is 0 Å². The molecule has 2 rings (SSSR count). The minimum Gasteiger partial charge on any atom is -0.452 e. The van der Waals surface area contributed by atoms with Crippen LogP contribution in [0.5, 0.6) is 0 Å². The van der Waals surface area contributed by atoms with Crippen LogP contribution in [0.25, 0.3) is 0 Å². The number of nitrogens with one attached hydrogen (secondary N) is 2. The zero-order chi connectivity index (χ0) is 21.9. The van der Waals surface area contributed by atoms with Gasteiger partial charge in [-0.15, -0.1) is 0 Å². The Labute approximate surface area is 175 Å². The first-order chi connectivity index (χ1) is 14.4. The van der Waals surface area contributed by atoms with Gasteiger partial charge in [0.2, 0.25) is 5.91 Å². The van der Waals surface area contributed by atoms with E-state index in [1.165, 1.54) is 17.0 Å². The van der Waals surface area contributed by atoms with E-state index in [1.54, 1.807) is 43.4 Å². The fourth-order valence-corrected chi connectivity index (χ4v) is 2.56. The van der Waals surface area contributed by atoms with Gasteiger partial charge in [0, 0.05) is 19.3 Å². The summed E-state index contributed by atoms with van der Waals surface area (Å²) in [5.41, 5.74) is 0.887. The molecule has 0 aliphatic carbocycles. The second-order valence-electron chi connectivity index (χ2n) is 6.45. The van der Waals surface area contributed by atoms with Gasteiger partial charge in [0.1, 0.15) is 0 Å². The Morgan fingerprint density at radius 1 is 0.867 bits per heavy atom. The molecule has 0 saturated heterocycles. The number of carbonyl (C=O) groups is 4. The fraction of sp³-hybridized carbons (Fsp3) is 0.273. The van der Waals surface area contributed by atoms with Crippen LogP contribution in [-0.4, -0.2) is 50.4 Å². The highest BCUT2D eigenvalue weighted by Crippen LogP contribution is 2.18. The molecule has 0 atom stereocenters. The minimum atomic E-state index is -0.800. The summed E-state index contributed by atoms with van der Waals surface area (Å²) in [5, 5.41) is 4.99. The number of rotatable bonds is 9. The maximum Gasteiger partial charge on any atom is 0.339 e. The first-order valence-corrected chi connectivity index (χ1v) is 9.56. The summed E-state index contributed by atoms with van der Waals surface area (Å²) < 4.78 is 5.03. The quantitative estimate of drug-likeness (QED) is 0.612. The molecule has 0 saturated carbocycles. The third kappa shape index (κ3) is 6.44. The highest BCUT2D eigenvalue weighted by atomic mass is 16.5. The minimum absolute atomic E-state index is 0.0544. The lowest BCUT2D eigenvalue weighted by molar-refractivity contribution is -0.127. The van der Waals surface area contributed by atoms with Crippen LogP contribution >= 0.6 is 0 Å². The number of nitrogens with zero attached hydrogens (tertiary/aromatic N) is 1. The molecule has 0 aliphatic rings. The second kappa shape index (κ2) is 11.4. The third-order valence-electron chi connectivity index (χ3n) is 4.18. The lowest BCUT2D eigenvalue weighted by Gasteiger charge is -2.18. The van der Waals surface area contributed by atoms with Crippen LogP contribution in [0, 0.1) is 0 Å². The highest BCUT2D eigenvalue weighted by molar-refractivity contribution is 6.12. The van der Waals surface area contributed by atoms with Crippen LogP contribution in [0.3, 0.4) is 0 Å². The lowest BCUT2D eigenvalue weighted by Crippen LogP contribution is -2.39. The molecule has 30 heavy (non-hydrogen) atoms. The molecule has 8 nitrogen and oxygen atoms in total. The largest absolute Gasteiger partial charge is 0.452 e. The Kier molecular flexibility index (Phi) is 8.56. The molecule has 158 valence electrons. The molecule has 8 heteroatoms. The average molecular weight is 411 g/mol. The zero-order valence-electron chi connectivity index (χ0n) is 17.0. The van der Waals surface area contributed by atoms with E-state index in [1.807, 2.05) is 13.0 Å². The van der Waals surface area contributed by atoms with Crippen LogP contribution in [-0.2, 0) is 14.3 Å². The topological polar surface area (TPSA) is 105 Å².